The molecule has 4 rings (SSSR count). The molecule has 7 atom stereocenters. The molecule has 182 valence electrons. The van der Waals surface area contributed by atoms with E-state index in [1.165, 1.54) is 0 Å². The van der Waals surface area contributed by atoms with Crippen molar-refractivity contribution in [2.45, 2.75) is 65.1 Å². The van der Waals surface area contributed by atoms with Crippen LogP contribution in [0.5, 0.6) is 0 Å². The van der Waals surface area contributed by atoms with Crippen molar-refractivity contribution >= 4 is 11.8 Å². The average Bonchev–Trinajstić information content (AvgIpc) is 2.85. The van der Waals surface area contributed by atoms with Gasteiger partial charge in [-0.05, 0) is 73.1 Å². The fourth-order valence-electron chi connectivity index (χ4n) is 6.37. The van der Waals surface area contributed by atoms with Crippen LogP contribution in [0.3, 0.4) is 0 Å². The Kier molecular flexibility index (Phi) is 7.36. The zero-order chi connectivity index (χ0) is 24.3. The second kappa shape index (κ2) is 10.3. The number of pyridine rings is 1. The van der Waals surface area contributed by atoms with Crippen molar-refractivity contribution in [2.75, 3.05) is 0 Å². The van der Waals surface area contributed by atoms with Crippen LogP contribution in [0.2, 0.25) is 0 Å². The van der Waals surface area contributed by atoms with Gasteiger partial charge in [0.25, 0.3) is 5.91 Å². The Morgan fingerprint density at radius 2 is 1.82 bits per heavy atom. The summed E-state index contributed by atoms with van der Waals surface area (Å²) in [6, 6.07) is 14.9. The molecule has 0 spiro atoms. The highest BCUT2D eigenvalue weighted by molar-refractivity contribution is 5.94. The lowest BCUT2D eigenvalue weighted by Gasteiger charge is -2.56. The van der Waals surface area contributed by atoms with Gasteiger partial charge in [-0.2, -0.15) is 0 Å². The number of fused-ring (bicyclic) bond motifs is 1. The maximum absolute atomic E-state index is 12.9. The van der Waals surface area contributed by atoms with E-state index in [1.807, 2.05) is 55.5 Å². The predicted octanol–water partition coefficient (Wildman–Crippen LogP) is 3.96. The minimum Gasteiger partial charge on any atom is -0.392 e. The van der Waals surface area contributed by atoms with Gasteiger partial charge in [-0.25, -0.2) is 0 Å². The molecule has 2 amide bonds. The van der Waals surface area contributed by atoms with E-state index in [0.717, 1.165) is 31.4 Å². The van der Waals surface area contributed by atoms with E-state index in [4.69, 9.17) is 0 Å². The third-order valence-corrected chi connectivity index (χ3v) is 8.47. The number of rotatable bonds is 6. The fourth-order valence-corrected chi connectivity index (χ4v) is 6.37. The summed E-state index contributed by atoms with van der Waals surface area (Å²) in [7, 11) is 0. The number of nitrogens with one attached hydrogen (secondary N) is 2. The average molecular weight is 464 g/mol. The van der Waals surface area contributed by atoms with Gasteiger partial charge < -0.3 is 15.7 Å². The molecular weight excluding hydrogens is 426 g/mol. The maximum atomic E-state index is 12.9. The number of hydrogen-bond donors (Lipinski definition) is 3. The summed E-state index contributed by atoms with van der Waals surface area (Å²) in [5, 5.41) is 17.8. The number of aliphatic hydroxyl groups excluding tert-OH is 1. The van der Waals surface area contributed by atoms with Gasteiger partial charge >= 0.3 is 0 Å². The van der Waals surface area contributed by atoms with Crippen LogP contribution in [0.25, 0.3) is 0 Å². The zero-order valence-electron chi connectivity index (χ0n) is 20.4. The normalized spacial score (nSPS) is 31.7. The van der Waals surface area contributed by atoms with Crippen LogP contribution < -0.4 is 10.6 Å². The van der Waals surface area contributed by atoms with Gasteiger partial charge in [0, 0.05) is 23.7 Å². The number of aliphatic hydroxyl groups is 1. The quantitative estimate of drug-likeness (QED) is 0.605. The van der Waals surface area contributed by atoms with Crippen LogP contribution in [0.1, 0.15) is 62.5 Å². The standard InChI is InChI=1S/C28H37N3O3/c1-18(26(33)30-17-21-11-7-8-16-29-21)22-12-14-28(3)15-13-23(19(2)24(28)25(22)32)31-27(34)20-9-5-4-6-10-20/h4-11,16,18-19,22-25,32H,12-15,17H2,1-3H3,(H,30,33)(H,31,34)/t18-,19-,22-,23-,24+,25-,28+/m0/s1. The van der Waals surface area contributed by atoms with Gasteiger partial charge in [-0.1, -0.05) is 45.0 Å². The largest absolute Gasteiger partial charge is 0.392 e. The first-order chi connectivity index (χ1) is 16.3. The highest BCUT2D eigenvalue weighted by atomic mass is 16.3. The third-order valence-electron chi connectivity index (χ3n) is 8.47. The van der Waals surface area contributed by atoms with Crippen LogP contribution in [0, 0.1) is 29.1 Å². The lowest BCUT2D eigenvalue weighted by atomic mass is 9.51. The molecule has 2 fully saturated rings. The summed E-state index contributed by atoms with van der Waals surface area (Å²) < 4.78 is 0. The number of amides is 2. The Balaban J connectivity index is 1.42. The second-order valence-electron chi connectivity index (χ2n) is 10.5. The van der Waals surface area contributed by atoms with E-state index in [1.54, 1.807) is 6.20 Å². The first kappa shape index (κ1) is 24.4. The van der Waals surface area contributed by atoms with Crippen LogP contribution in [0.15, 0.2) is 54.7 Å². The van der Waals surface area contributed by atoms with Crippen molar-refractivity contribution in [2.24, 2.45) is 29.1 Å². The van der Waals surface area contributed by atoms with Crippen LogP contribution >= 0.6 is 0 Å². The van der Waals surface area contributed by atoms with Crippen molar-refractivity contribution in [3.8, 4) is 0 Å². The van der Waals surface area contributed by atoms with E-state index >= 15 is 0 Å². The van der Waals surface area contributed by atoms with Crippen LogP contribution in [-0.2, 0) is 11.3 Å². The molecule has 6 heteroatoms. The molecule has 1 aromatic carbocycles. The highest BCUT2D eigenvalue weighted by Gasteiger charge is 2.53. The van der Waals surface area contributed by atoms with E-state index in [2.05, 4.69) is 29.5 Å². The summed E-state index contributed by atoms with van der Waals surface area (Å²) in [6.45, 7) is 6.73. The minimum absolute atomic E-state index is 0.00692. The number of nitrogens with zero attached hydrogens (tertiary/aromatic N) is 1. The SMILES string of the molecule is C[C@@H]1[C@@H]2[C@@H](O)[C@H]([C@H](C)C(=O)NCc3ccccn3)CC[C@]2(C)CC[C@@H]1NC(=O)c1ccccc1. The van der Waals surface area contributed by atoms with Crippen molar-refractivity contribution in [1.29, 1.82) is 0 Å². The Morgan fingerprint density at radius 3 is 2.53 bits per heavy atom. The number of aromatic nitrogens is 1. The number of carbonyl (C=O) groups excluding carboxylic acids is 2. The van der Waals surface area contributed by atoms with Crippen molar-refractivity contribution in [3.63, 3.8) is 0 Å². The zero-order valence-corrected chi connectivity index (χ0v) is 20.4. The van der Waals surface area contributed by atoms with E-state index in [-0.39, 0.29) is 46.9 Å². The number of hydrogen-bond acceptors (Lipinski definition) is 4. The Morgan fingerprint density at radius 1 is 1.12 bits per heavy atom. The first-order valence-corrected chi connectivity index (χ1v) is 12.5. The summed E-state index contributed by atoms with van der Waals surface area (Å²) in [6.07, 6.45) is 4.83. The smallest absolute Gasteiger partial charge is 0.251 e. The van der Waals surface area contributed by atoms with Crippen LogP contribution in [0.4, 0.5) is 0 Å². The van der Waals surface area contributed by atoms with Gasteiger partial charge in [-0.3, -0.25) is 14.6 Å². The summed E-state index contributed by atoms with van der Waals surface area (Å²) in [4.78, 5) is 30.0. The van der Waals surface area contributed by atoms with E-state index < -0.39 is 6.10 Å². The molecule has 2 aliphatic rings. The Bertz CT molecular complexity index is 983. The molecule has 2 aliphatic carbocycles. The van der Waals surface area contributed by atoms with E-state index in [0.29, 0.717) is 12.1 Å². The molecule has 0 radical (unpaired) electrons. The molecule has 0 aliphatic heterocycles. The topological polar surface area (TPSA) is 91.3 Å². The summed E-state index contributed by atoms with van der Waals surface area (Å²) in [5.74, 6) is -0.358. The van der Waals surface area contributed by atoms with Gasteiger partial charge in [-0.15, -0.1) is 0 Å². The molecule has 0 unspecified atom stereocenters. The lowest BCUT2D eigenvalue weighted by molar-refractivity contribution is -0.142. The monoisotopic (exact) mass is 463 g/mol. The molecule has 3 N–H and O–H groups in total. The molecular formula is C28H37N3O3. The van der Waals surface area contributed by atoms with Crippen LogP contribution in [-0.4, -0.2) is 34.1 Å². The van der Waals surface area contributed by atoms with Gasteiger partial charge in [0.1, 0.15) is 0 Å². The van der Waals surface area contributed by atoms with Gasteiger partial charge in [0.2, 0.25) is 5.91 Å². The van der Waals surface area contributed by atoms with Crippen molar-refractivity contribution in [1.82, 2.24) is 15.6 Å². The molecule has 34 heavy (non-hydrogen) atoms. The predicted molar refractivity (Wildman–Crippen MR) is 132 cm³/mol. The highest BCUT2D eigenvalue weighted by Crippen LogP contribution is 2.55. The summed E-state index contributed by atoms with van der Waals surface area (Å²) in [5.41, 5.74) is 1.49. The number of benzene rings is 1. The molecule has 0 saturated heterocycles. The first-order valence-electron chi connectivity index (χ1n) is 12.5. The van der Waals surface area contributed by atoms with E-state index in [9.17, 15) is 14.7 Å². The fraction of sp³-hybridized carbons (Fsp3) is 0.536. The molecule has 6 nitrogen and oxygen atoms in total. The minimum atomic E-state index is -0.583. The lowest BCUT2D eigenvalue weighted by Crippen LogP contribution is -2.58. The molecule has 2 saturated carbocycles. The molecule has 2 aromatic rings. The Labute approximate surface area is 202 Å². The van der Waals surface area contributed by atoms with Gasteiger partial charge in [0.15, 0.2) is 0 Å². The van der Waals surface area contributed by atoms with Crippen molar-refractivity contribution in [3.05, 3.63) is 66.0 Å². The second-order valence-corrected chi connectivity index (χ2v) is 10.5. The summed E-state index contributed by atoms with van der Waals surface area (Å²) >= 11 is 0. The third kappa shape index (κ3) is 5.02. The number of carbonyl (C=O) groups is 2. The maximum Gasteiger partial charge on any atom is 0.251 e. The van der Waals surface area contributed by atoms with Crippen molar-refractivity contribution < 1.29 is 14.7 Å². The van der Waals surface area contributed by atoms with Gasteiger partial charge in [0.05, 0.1) is 18.3 Å². The molecule has 1 heterocycles. The molecule has 1 aromatic heterocycles. The Hall–Kier alpha value is -2.73. The molecule has 0 bridgehead atoms.